The minimum atomic E-state index is -0.111. The van der Waals surface area contributed by atoms with Gasteiger partial charge in [0.15, 0.2) is 0 Å². The van der Waals surface area contributed by atoms with Crippen molar-refractivity contribution in [1.29, 1.82) is 0 Å². The Hall–Kier alpha value is -1.32. The summed E-state index contributed by atoms with van der Waals surface area (Å²) in [5, 5.41) is 4.28. The number of carbonyl (C=O) groups is 1. The smallest absolute Gasteiger partial charge is 0.307 e. The van der Waals surface area contributed by atoms with Crippen LogP contribution in [0.1, 0.15) is 45.1 Å². The average Bonchev–Trinajstić information content (AvgIpc) is 3.00. The molecule has 0 aromatic carbocycles. The molecule has 0 aliphatic heterocycles. The van der Waals surface area contributed by atoms with Crippen molar-refractivity contribution in [3.05, 3.63) is 18.5 Å². The summed E-state index contributed by atoms with van der Waals surface area (Å²) in [4.78, 5) is 11.6. The molecule has 94 valence electrons. The van der Waals surface area contributed by atoms with Crippen LogP contribution >= 0.6 is 0 Å². The Kier molecular flexibility index (Phi) is 4.18. The van der Waals surface area contributed by atoms with Crippen molar-refractivity contribution in [2.24, 2.45) is 5.92 Å². The molecule has 1 atom stereocenters. The van der Waals surface area contributed by atoms with Gasteiger partial charge in [0.2, 0.25) is 0 Å². The Morgan fingerprint density at radius 2 is 2.29 bits per heavy atom. The van der Waals surface area contributed by atoms with Gasteiger partial charge in [-0.25, -0.2) is 0 Å². The van der Waals surface area contributed by atoms with E-state index in [0.29, 0.717) is 18.9 Å². The summed E-state index contributed by atoms with van der Waals surface area (Å²) >= 11 is 0. The largest absolute Gasteiger partial charge is 0.466 e. The molecule has 1 aromatic rings. The maximum Gasteiger partial charge on any atom is 0.307 e. The molecule has 1 aromatic heterocycles. The fraction of sp³-hybridized carbons (Fsp3) is 0.692. The van der Waals surface area contributed by atoms with E-state index in [4.69, 9.17) is 4.74 Å². The standard InChI is InChI=1S/C13H20N2O2/c1-2-17-13(16)10-12(11-6-3-4-7-11)15-9-5-8-14-15/h5,8-9,11-12H,2-4,6-7,10H2,1H3. The van der Waals surface area contributed by atoms with E-state index in [2.05, 4.69) is 5.10 Å². The zero-order valence-electron chi connectivity index (χ0n) is 10.3. The van der Waals surface area contributed by atoms with Crippen LogP contribution in [0.2, 0.25) is 0 Å². The number of nitrogens with zero attached hydrogens (tertiary/aromatic N) is 2. The van der Waals surface area contributed by atoms with E-state index in [1.165, 1.54) is 25.7 Å². The Labute approximate surface area is 102 Å². The highest BCUT2D eigenvalue weighted by atomic mass is 16.5. The van der Waals surface area contributed by atoms with Crippen LogP contribution in [0.25, 0.3) is 0 Å². The fourth-order valence-corrected chi connectivity index (χ4v) is 2.69. The number of aromatic nitrogens is 2. The molecule has 1 aliphatic carbocycles. The lowest BCUT2D eigenvalue weighted by Gasteiger charge is -2.23. The monoisotopic (exact) mass is 236 g/mol. The van der Waals surface area contributed by atoms with E-state index in [-0.39, 0.29) is 12.0 Å². The summed E-state index contributed by atoms with van der Waals surface area (Å²) in [5.41, 5.74) is 0. The number of hydrogen-bond donors (Lipinski definition) is 0. The molecule has 1 aliphatic rings. The molecule has 1 heterocycles. The van der Waals surface area contributed by atoms with Crippen molar-refractivity contribution in [2.45, 2.75) is 45.1 Å². The fourth-order valence-electron chi connectivity index (χ4n) is 2.69. The molecule has 0 N–H and O–H groups in total. The first-order chi connectivity index (χ1) is 8.31. The SMILES string of the molecule is CCOC(=O)CC(C1CCCC1)n1cccn1. The summed E-state index contributed by atoms with van der Waals surface area (Å²) in [6.07, 6.45) is 9.10. The first kappa shape index (κ1) is 12.1. The number of esters is 1. The van der Waals surface area contributed by atoms with Crippen molar-refractivity contribution in [3.8, 4) is 0 Å². The predicted molar refractivity (Wildman–Crippen MR) is 64.5 cm³/mol. The molecule has 0 spiro atoms. The van der Waals surface area contributed by atoms with Crippen molar-refractivity contribution in [3.63, 3.8) is 0 Å². The quantitative estimate of drug-likeness (QED) is 0.738. The minimum Gasteiger partial charge on any atom is -0.466 e. The first-order valence-corrected chi connectivity index (χ1v) is 6.46. The maximum absolute atomic E-state index is 11.6. The third-order valence-corrected chi connectivity index (χ3v) is 3.49. The average molecular weight is 236 g/mol. The third-order valence-electron chi connectivity index (χ3n) is 3.49. The van der Waals surface area contributed by atoms with Gasteiger partial charge in [-0.3, -0.25) is 9.48 Å². The van der Waals surface area contributed by atoms with Crippen LogP contribution in [-0.2, 0) is 9.53 Å². The van der Waals surface area contributed by atoms with E-state index < -0.39 is 0 Å². The molecule has 4 nitrogen and oxygen atoms in total. The second-order valence-electron chi connectivity index (χ2n) is 4.61. The molecule has 0 saturated heterocycles. The molecule has 0 bridgehead atoms. The highest BCUT2D eigenvalue weighted by Crippen LogP contribution is 2.35. The van der Waals surface area contributed by atoms with Crippen molar-refractivity contribution < 1.29 is 9.53 Å². The molecule has 1 fully saturated rings. The molecule has 0 amide bonds. The second-order valence-corrected chi connectivity index (χ2v) is 4.61. The van der Waals surface area contributed by atoms with Gasteiger partial charge in [-0.15, -0.1) is 0 Å². The lowest BCUT2D eigenvalue weighted by molar-refractivity contribution is -0.144. The van der Waals surface area contributed by atoms with Gasteiger partial charge in [0, 0.05) is 12.4 Å². The minimum absolute atomic E-state index is 0.111. The van der Waals surface area contributed by atoms with Crippen molar-refractivity contribution in [1.82, 2.24) is 9.78 Å². The number of rotatable bonds is 5. The predicted octanol–water partition coefficient (Wildman–Crippen LogP) is 2.57. The summed E-state index contributed by atoms with van der Waals surface area (Å²) < 4.78 is 6.97. The van der Waals surface area contributed by atoms with Crippen LogP contribution in [0, 0.1) is 5.92 Å². The van der Waals surface area contributed by atoms with Gasteiger partial charge >= 0.3 is 5.97 Å². The zero-order valence-corrected chi connectivity index (χ0v) is 10.3. The van der Waals surface area contributed by atoms with Gasteiger partial charge in [-0.1, -0.05) is 12.8 Å². The van der Waals surface area contributed by atoms with Gasteiger partial charge in [0.25, 0.3) is 0 Å². The molecule has 1 saturated carbocycles. The van der Waals surface area contributed by atoms with Crippen molar-refractivity contribution in [2.75, 3.05) is 6.61 Å². The maximum atomic E-state index is 11.6. The molecule has 2 rings (SSSR count). The van der Waals surface area contributed by atoms with Crippen LogP contribution in [0.15, 0.2) is 18.5 Å². The topological polar surface area (TPSA) is 44.1 Å². The molecular formula is C13H20N2O2. The highest BCUT2D eigenvalue weighted by molar-refractivity contribution is 5.69. The Bertz CT molecular complexity index is 342. The first-order valence-electron chi connectivity index (χ1n) is 6.46. The molecule has 0 radical (unpaired) electrons. The van der Waals surface area contributed by atoms with Gasteiger partial charge in [0.1, 0.15) is 0 Å². The van der Waals surface area contributed by atoms with E-state index in [9.17, 15) is 4.79 Å². The lowest BCUT2D eigenvalue weighted by atomic mass is 9.95. The van der Waals surface area contributed by atoms with E-state index in [1.807, 2.05) is 23.9 Å². The van der Waals surface area contributed by atoms with Crippen LogP contribution in [0.5, 0.6) is 0 Å². The summed E-state index contributed by atoms with van der Waals surface area (Å²) in [6, 6.07) is 2.08. The van der Waals surface area contributed by atoms with Crippen LogP contribution in [0.4, 0.5) is 0 Å². The summed E-state index contributed by atoms with van der Waals surface area (Å²) in [5.74, 6) is 0.458. The number of ether oxygens (including phenoxy) is 1. The Balaban J connectivity index is 2.04. The molecule has 17 heavy (non-hydrogen) atoms. The number of carbonyl (C=O) groups excluding carboxylic acids is 1. The Morgan fingerprint density at radius 1 is 1.53 bits per heavy atom. The van der Waals surface area contributed by atoms with E-state index >= 15 is 0 Å². The third kappa shape index (κ3) is 3.08. The van der Waals surface area contributed by atoms with E-state index in [1.54, 1.807) is 6.20 Å². The van der Waals surface area contributed by atoms with Crippen LogP contribution < -0.4 is 0 Å². The van der Waals surface area contributed by atoms with Gasteiger partial charge in [-0.2, -0.15) is 5.10 Å². The number of hydrogen-bond acceptors (Lipinski definition) is 3. The lowest BCUT2D eigenvalue weighted by Crippen LogP contribution is -2.22. The van der Waals surface area contributed by atoms with Gasteiger partial charge in [-0.05, 0) is 31.7 Å². The van der Waals surface area contributed by atoms with Crippen LogP contribution in [0.3, 0.4) is 0 Å². The van der Waals surface area contributed by atoms with Gasteiger partial charge in [0.05, 0.1) is 19.1 Å². The zero-order chi connectivity index (χ0) is 12.1. The summed E-state index contributed by atoms with van der Waals surface area (Å²) in [7, 11) is 0. The molecular weight excluding hydrogens is 216 g/mol. The normalized spacial score (nSPS) is 18.2. The Morgan fingerprint density at radius 3 is 2.88 bits per heavy atom. The summed E-state index contributed by atoms with van der Waals surface area (Å²) in [6.45, 7) is 2.30. The molecule has 1 unspecified atom stereocenters. The van der Waals surface area contributed by atoms with Crippen molar-refractivity contribution >= 4 is 5.97 Å². The molecule has 4 heteroatoms. The van der Waals surface area contributed by atoms with Gasteiger partial charge < -0.3 is 4.74 Å². The highest BCUT2D eigenvalue weighted by Gasteiger charge is 2.29. The van der Waals surface area contributed by atoms with Crippen LogP contribution in [-0.4, -0.2) is 22.4 Å². The van der Waals surface area contributed by atoms with E-state index in [0.717, 1.165) is 0 Å². The second kappa shape index (κ2) is 5.84.